The number of nitrogens with one attached hydrogen (secondary N) is 2. The highest BCUT2D eigenvalue weighted by atomic mass is 19.4. The summed E-state index contributed by atoms with van der Waals surface area (Å²) < 4.78 is 65.5. The van der Waals surface area contributed by atoms with Gasteiger partial charge < -0.3 is 5.32 Å². The van der Waals surface area contributed by atoms with Crippen molar-refractivity contribution in [2.24, 2.45) is 4.99 Å². The summed E-state index contributed by atoms with van der Waals surface area (Å²) in [6.45, 7) is 0. The fourth-order valence-electron chi connectivity index (χ4n) is 3.87. The Morgan fingerprint density at radius 1 is 1.03 bits per heavy atom. The van der Waals surface area contributed by atoms with E-state index in [-0.39, 0.29) is 23.6 Å². The maximum Gasteiger partial charge on any atom is 0.416 e. The molecule has 0 spiro atoms. The molecule has 5 nitrogen and oxygen atoms in total. The van der Waals surface area contributed by atoms with E-state index in [1.165, 1.54) is 0 Å². The van der Waals surface area contributed by atoms with E-state index in [4.69, 9.17) is 0 Å². The van der Waals surface area contributed by atoms with Gasteiger partial charge in [-0.1, -0.05) is 12.8 Å². The quantitative estimate of drug-likeness (QED) is 0.282. The van der Waals surface area contributed by atoms with Crippen LogP contribution in [0.2, 0.25) is 0 Å². The number of aromatic nitrogens is 2. The van der Waals surface area contributed by atoms with Gasteiger partial charge >= 0.3 is 6.18 Å². The van der Waals surface area contributed by atoms with Crippen LogP contribution in [0.25, 0.3) is 11.3 Å². The Kier molecular flexibility index (Phi) is 6.76. The molecule has 1 aliphatic carbocycles. The Morgan fingerprint density at radius 3 is 2.29 bits per heavy atom. The number of H-pyrrole nitrogens is 1. The molecule has 1 heterocycles. The minimum Gasteiger partial charge on any atom is -0.310 e. The summed E-state index contributed by atoms with van der Waals surface area (Å²) in [5.74, 6) is -1.71. The van der Waals surface area contributed by atoms with E-state index >= 15 is 0 Å². The molecular weight excluding hydrogens is 455 g/mol. The Bertz CT molecular complexity index is 1170. The fraction of sp³-hybridized carbons (Fsp3) is 0.292. The minimum absolute atomic E-state index is 0.0302. The van der Waals surface area contributed by atoms with Gasteiger partial charge in [0.25, 0.3) is 5.91 Å². The second kappa shape index (κ2) is 9.74. The van der Waals surface area contributed by atoms with Crippen LogP contribution in [-0.2, 0) is 12.6 Å². The van der Waals surface area contributed by atoms with E-state index < -0.39 is 29.3 Å². The van der Waals surface area contributed by atoms with Gasteiger partial charge in [0.15, 0.2) is 0 Å². The highest BCUT2D eigenvalue weighted by Gasteiger charge is 2.30. The highest BCUT2D eigenvalue weighted by molar-refractivity contribution is 6.07. The van der Waals surface area contributed by atoms with Crippen molar-refractivity contribution in [1.82, 2.24) is 15.5 Å². The zero-order chi connectivity index (χ0) is 24.3. The average molecular weight is 476 g/mol. The van der Waals surface area contributed by atoms with Gasteiger partial charge in [-0.2, -0.15) is 18.3 Å². The van der Waals surface area contributed by atoms with Gasteiger partial charge in [-0.05, 0) is 55.3 Å². The molecule has 4 rings (SSSR count). The molecule has 1 amide bonds. The molecule has 0 saturated heterocycles. The van der Waals surface area contributed by atoms with Crippen LogP contribution in [0, 0.1) is 11.6 Å². The van der Waals surface area contributed by atoms with Crippen molar-refractivity contribution in [3.63, 3.8) is 0 Å². The number of aliphatic imine (C=N–C) groups is 1. The third kappa shape index (κ3) is 5.86. The van der Waals surface area contributed by atoms with E-state index in [1.807, 2.05) is 0 Å². The highest BCUT2D eigenvalue weighted by Crippen LogP contribution is 2.29. The third-order valence-corrected chi connectivity index (χ3v) is 5.54. The topological polar surface area (TPSA) is 70.1 Å². The van der Waals surface area contributed by atoms with Crippen molar-refractivity contribution in [3.8, 4) is 11.3 Å². The largest absolute Gasteiger partial charge is 0.416 e. The molecule has 34 heavy (non-hydrogen) atoms. The number of benzene rings is 2. The molecular formula is C24H21F5N4O. The van der Waals surface area contributed by atoms with Gasteiger partial charge in [0.2, 0.25) is 0 Å². The van der Waals surface area contributed by atoms with Crippen LogP contribution in [0.15, 0.2) is 53.5 Å². The lowest BCUT2D eigenvalue weighted by molar-refractivity contribution is -0.137. The Labute approximate surface area is 192 Å². The average Bonchev–Trinajstić information content (AvgIpc) is 3.45. The number of nitrogens with zero attached hydrogens (tertiary/aromatic N) is 2. The van der Waals surface area contributed by atoms with Gasteiger partial charge in [-0.15, -0.1) is 0 Å². The standard InChI is InChI=1S/C24H21F5N4O/c25-17-9-15(10-18(26)11-17)21-12-20(32-33-21)13-22(30-19-3-1-2-4-19)31-23(34)14-5-7-16(8-6-14)24(27,28)29/h5-12,19H,1-4,13H2,(H,32,33)(H,30,31,34). The summed E-state index contributed by atoms with van der Waals surface area (Å²) in [4.78, 5) is 17.3. The number of alkyl halides is 3. The van der Waals surface area contributed by atoms with Crippen molar-refractivity contribution in [2.75, 3.05) is 0 Å². The molecule has 1 aliphatic rings. The van der Waals surface area contributed by atoms with Gasteiger partial charge in [0.1, 0.15) is 17.5 Å². The van der Waals surface area contributed by atoms with Gasteiger partial charge in [-0.3, -0.25) is 14.9 Å². The molecule has 0 aliphatic heterocycles. The maximum absolute atomic E-state index is 13.5. The number of amidine groups is 1. The monoisotopic (exact) mass is 476 g/mol. The van der Waals surface area contributed by atoms with E-state index in [9.17, 15) is 26.7 Å². The first-order valence-corrected chi connectivity index (χ1v) is 10.7. The summed E-state index contributed by atoms with van der Waals surface area (Å²) >= 11 is 0. The lowest BCUT2D eigenvalue weighted by Gasteiger charge is -2.12. The predicted octanol–water partition coefficient (Wildman–Crippen LogP) is 5.69. The van der Waals surface area contributed by atoms with E-state index in [1.54, 1.807) is 6.07 Å². The molecule has 178 valence electrons. The zero-order valence-electron chi connectivity index (χ0n) is 17.9. The van der Waals surface area contributed by atoms with Crippen molar-refractivity contribution in [1.29, 1.82) is 0 Å². The molecule has 1 aromatic heterocycles. The van der Waals surface area contributed by atoms with Crippen molar-refractivity contribution in [2.45, 2.75) is 44.3 Å². The minimum atomic E-state index is -4.49. The molecule has 2 aromatic carbocycles. The third-order valence-electron chi connectivity index (χ3n) is 5.54. The molecule has 10 heteroatoms. The first-order valence-electron chi connectivity index (χ1n) is 10.7. The molecule has 2 N–H and O–H groups in total. The number of hydrogen-bond donors (Lipinski definition) is 2. The van der Waals surface area contributed by atoms with Crippen LogP contribution in [-0.4, -0.2) is 28.0 Å². The van der Waals surface area contributed by atoms with Crippen LogP contribution in [0.5, 0.6) is 0 Å². The fourth-order valence-corrected chi connectivity index (χ4v) is 3.87. The van der Waals surface area contributed by atoms with Crippen LogP contribution in [0.4, 0.5) is 22.0 Å². The second-order valence-corrected chi connectivity index (χ2v) is 8.16. The lowest BCUT2D eigenvalue weighted by Crippen LogP contribution is -2.33. The van der Waals surface area contributed by atoms with E-state index in [0.29, 0.717) is 17.2 Å². The second-order valence-electron chi connectivity index (χ2n) is 8.16. The van der Waals surface area contributed by atoms with Gasteiger partial charge in [0, 0.05) is 29.3 Å². The molecule has 0 atom stereocenters. The Morgan fingerprint density at radius 2 is 1.68 bits per heavy atom. The molecule has 0 bridgehead atoms. The SMILES string of the molecule is O=C(NC(Cc1cc(-c2cc(F)cc(F)c2)n[nH]1)=NC1CCCC1)c1ccc(C(F)(F)F)cc1. The zero-order valence-corrected chi connectivity index (χ0v) is 17.9. The number of carbonyl (C=O) groups is 1. The number of carbonyl (C=O) groups excluding carboxylic acids is 1. The summed E-state index contributed by atoms with van der Waals surface area (Å²) in [6.07, 6.45) is -0.561. The maximum atomic E-state index is 13.5. The number of hydrogen-bond acceptors (Lipinski definition) is 3. The van der Waals surface area contributed by atoms with Gasteiger partial charge in [0.05, 0.1) is 17.3 Å². The number of rotatable bonds is 5. The predicted molar refractivity (Wildman–Crippen MR) is 116 cm³/mol. The van der Waals surface area contributed by atoms with Gasteiger partial charge in [-0.25, -0.2) is 8.78 Å². The summed E-state index contributed by atoms with van der Waals surface area (Å²) in [6, 6.07) is 8.62. The van der Waals surface area contributed by atoms with E-state index in [2.05, 4.69) is 20.5 Å². The first kappa shape index (κ1) is 23.6. The van der Waals surface area contributed by atoms with E-state index in [0.717, 1.165) is 68.1 Å². The van der Waals surface area contributed by atoms with Crippen molar-refractivity contribution < 1.29 is 26.7 Å². The summed E-state index contributed by atoms with van der Waals surface area (Å²) in [5.41, 5.74) is 0.338. The van der Waals surface area contributed by atoms with Crippen molar-refractivity contribution in [3.05, 3.63) is 77.0 Å². The lowest BCUT2D eigenvalue weighted by atomic mass is 10.1. The molecule has 0 radical (unpaired) electrons. The number of amides is 1. The number of aromatic amines is 1. The molecule has 1 fully saturated rings. The first-order chi connectivity index (χ1) is 16.2. The molecule has 1 saturated carbocycles. The van der Waals surface area contributed by atoms with Crippen LogP contribution >= 0.6 is 0 Å². The number of halogens is 5. The van der Waals surface area contributed by atoms with Crippen molar-refractivity contribution >= 4 is 11.7 Å². The Balaban J connectivity index is 1.53. The summed E-state index contributed by atoms with van der Waals surface area (Å²) in [5, 5.41) is 9.57. The normalized spacial score (nSPS) is 15.0. The van der Waals surface area contributed by atoms with Crippen LogP contribution in [0.3, 0.4) is 0 Å². The summed E-state index contributed by atoms with van der Waals surface area (Å²) in [7, 11) is 0. The molecule has 0 unspecified atom stereocenters. The molecule has 3 aromatic rings. The van der Waals surface area contributed by atoms with Crippen LogP contribution < -0.4 is 5.32 Å². The smallest absolute Gasteiger partial charge is 0.310 e. The Hall–Kier alpha value is -3.56. The van der Waals surface area contributed by atoms with Crippen LogP contribution in [0.1, 0.15) is 47.3 Å².